The second-order valence-electron chi connectivity index (χ2n) is 7.05. The number of hydrogen-bond donors (Lipinski definition) is 0. The summed E-state index contributed by atoms with van der Waals surface area (Å²) in [6.07, 6.45) is 2.52. The van der Waals surface area contributed by atoms with Crippen LogP contribution in [0.4, 0.5) is 0 Å². The summed E-state index contributed by atoms with van der Waals surface area (Å²) in [4.78, 5) is 16.7. The predicted molar refractivity (Wildman–Crippen MR) is 96.8 cm³/mol. The van der Waals surface area contributed by atoms with Crippen molar-refractivity contribution < 1.29 is 14.3 Å². The molecule has 1 unspecified atom stereocenters. The second-order valence-corrected chi connectivity index (χ2v) is 7.05. The Kier molecular flexibility index (Phi) is 6.99. The van der Waals surface area contributed by atoms with Gasteiger partial charge in [0.1, 0.15) is 11.6 Å². The van der Waals surface area contributed by atoms with Gasteiger partial charge in [-0.25, -0.2) is 0 Å². The van der Waals surface area contributed by atoms with E-state index in [9.17, 15) is 4.79 Å². The van der Waals surface area contributed by atoms with Crippen molar-refractivity contribution in [2.24, 2.45) is 7.05 Å². The van der Waals surface area contributed by atoms with Crippen LogP contribution in [0.1, 0.15) is 43.8 Å². The van der Waals surface area contributed by atoms with Crippen LogP contribution in [-0.4, -0.2) is 83.1 Å². The molecule has 1 atom stereocenters. The highest BCUT2D eigenvalue weighted by molar-refractivity contribution is 5.76. The van der Waals surface area contributed by atoms with E-state index in [1.807, 2.05) is 18.9 Å². The number of likely N-dealkylation sites (tertiary alicyclic amines) is 1. The molecular weight excluding hydrogens is 334 g/mol. The predicted octanol–water partition coefficient (Wildman–Crippen LogP) is 0.780. The number of hydrogen-bond acceptors (Lipinski definition) is 6. The van der Waals surface area contributed by atoms with Gasteiger partial charge in [-0.05, 0) is 19.8 Å². The summed E-state index contributed by atoms with van der Waals surface area (Å²) >= 11 is 0. The summed E-state index contributed by atoms with van der Waals surface area (Å²) in [5, 5.41) is 8.89. The molecule has 26 heavy (non-hydrogen) atoms. The van der Waals surface area contributed by atoms with Crippen LogP contribution in [0.3, 0.4) is 0 Å². The first-order valence-corrected chi connectivity index (χ1v) is 9.72. The number of morpholine rings is 1. The van der Waals surface area contributed by atoms with Crippen molar-refractivity contribution >= 4 is 5.91 Å². The quantitative estimate of drug-likeness (QED) is 0.665. The fraction of sp³-hybridized carbons (Fsp3) is 0.833. The van der Waals surface area contributed by atoms with Crippen LogP contribution in [0.25, 0.3) is 0 Å². The van der Waals surface area contributed by atoms with Crippen LogP contribution in [0, 0.1) is 0 Å². The van der Waals surface area contributed by atoms with Crippen molar-refractivity contribution in [3.8, 4) is 0 Å². The number of piperidine rings is 1. The van der Waals surface area contributed by atoms with E-state index in [0.717, 1.165) is 70.4 Å². The summed E-state index contributed by atoms with van der Waals surface area (Å²) in [5.74, 6) is 2.42. The number of ether oxygens (including phenoxy) is 2. The smallest absolute Gasteiger partial charge is 0.224 e. The zero-order valence-corrected chi connectivity index (χ0v) is 16.0. The summed E-state index contributed by atoms with van der Waals surface area (Å²) < 4.78 is 12.8. The van der Waals surface area contributed by atoms with Crippen molar-refractivity contribution in [3.63, 3.8) is 0 Å². The van der Waals surface area contributed by atoms with Gasteiger partial charge in [0.15, 0.2) is 0 Å². The molecule has 1 aromatic rings. The molecule has 2 aliphatic heterocycles. The highest BCUT2D eigenvalue weighted by atomic mass is 16.5. The van der Waals surface area contributed by atoms with Crippen LogP contribution in [-0.2, 0) is 27.9 Å². The zero-order chi connectivity index (χ0) is 18.4. The Morgan fingerprint density at radius 3 is 2.85 bits per heavy atom. The van der Waals surface area contributed by atoms with E-state index in [1.54, 1.807) is 0 Å². The normalized spacial score (nSPS) is 21.9. The summed E-state index contributed by atoms with van der Waals surface area (Å²) in [7, 11) is 2.04. The number of rotatable bonds is 7. The Morgan fingerprint density at radius 1 is 1.27 bits per heavy atom. The fourth-order valence-corrected chi connectivity index (χ4v) is 3.70. The molecule has 1 amide bonds. The van der Waals surface area contributed by atoms with Crippen molar-refractivity contribution in [2.45, 2.75) is 38.6 Å². The number of amides is 1. The minimum absolute atomic E-state index is 0.179. The molecule has 8 nitrogen and oxygen atoms in total. The van der Waals surface area contributed by atoms with Gasteiger partial charge in [0, 0.05) is 45.8 Å². The van der Waals surface area contributed by atoms with E-state index in [0.29, 0.717) is 19.6 Å². The Morgan fingerprint density at radius 2 is 2.08 bits per heavy atom. The third kappa shape index (κ3) is 4.81. The minimum Gasteiger partial charge on any atom is -0.381 e. The maximum Gasteiger partial charge on any atom is 0.224 e. The third-order valence-corrected chi connectivity index (χ3v) is 5.27. The van der Waals surface area contributed by atoms with Gasteiger partial charge in [-0.15, -0.1) is 10.2 Å². The molecule has 0 radical (unpaired) electrons. The molecule has 2 fully saturated rings. The summed E-state index contributed by atoms with van der Waals surface area (Å²) in [6, 6.07) is 0. The van der Waals surface area contributed by atoms with E-state index in [1.165, 1.54) is 0 Å². The zero-order valence-electron chi connectivity index (χ0n) is 16.0. The van der Waals surface area contributed by atoms with Gasteiger partial charge in [0.05, 0.1) is 32.8 Å². The Hall–Kier alpha value is -1.51. The van der Waals surface area contributed by atoms with Crippen LogP contribution in [0.2, 0.25) is 0 Å². The molecule has 3 rings (SSSR count). The van der Waals surface area contributed by atoms with E-state index < -0.39 is 0 Å². The molecular formula is C18H31N5O3. The van der Waals surface area contributed by atoms with Crippen LogP contribution >= 0.6 is 0 Å². The van der Waals surface area contributed by atoms with Gasteiger partial charge in [0.2, 0.25) is 5.91 Å². The maximum atomic E-state index is 12.4. The first-order chi connectivity index (χ1) is 12.7. The molecule has 0 N–H and O–H groups in total. The lowest BCUT2D eigenvalue weighted by Crippen LogP contribution is -2.40. The Balaban J connectivity index is 1.58. The van der Waals surface area contributed by atoms with Crippen molar-refractivity contribution in [3.05, 3.63) is 11.6 Å². The summed E-state index contributed by atoms with van der Waals surface area (Å²) in [5.41, 5.74) is 0. The highest BCUT2D eigenvalue weighted by Gasteiger charge is 2.28. The molecule has 146 valence electrons. The second kappa shape index (κ2) is 9.43. The molecule has 1 aromatic heterocycles. The first-order valence-electron chi connectivity index (χ1n) is 9.72. The lowest BCUT2D eigenvalue weighted by molar-refractivity contribution is -0.133. The lowest BCUT2D eigenvalue weighted by Gasteiger charge is -2.32. The lowest BCUT2D eigenvalue weighted by atomic mass is 9.97. The SMILES string of the molecule is CCOCCC(=O)N1CCCC(c2nnc(CN3CCOCC3)n2C)C1. The molecule has 0 aliphatic carbocycles. The van der Waals surface area contributed by atoms with E-state index in [2.05, 4.69) is 19.7 Å². The molecule has 0 bridgehead atoms. The first kappa shape index (κ1) is 19.3. The minimum atomic E-state index is 0.179. The third-order valence-electron chi connectivity index (χ3n) is 5.27. The molecule has 3 heterocycles. The van der Waals surface area contributed by atoms with Crippen LogP contribution in [0.5, 0.6) is 0 Å². The van der Waals surface area contributed by atoms with Crippen molar-refractivity contribution in [2.75, 3.05) is 52.6 Å². The standard InChI is InChI=1S/C18H31N5O3/c1-3-25-10-6-17(24)23-7-4-5-15(13-23)18-20-19-16(21(18)2)14-22-8-11-26-12-9-22/h15H,3-14H2,1-2H3. The molecule has 0 saturated carbocycles. The van der Waals surface area contributed by atoms with Crippen LogP contribution in [0.15, 0.2) is 0 Å². The van der Waals surface area contributed by atoms with E-state index >= 15 is 0 Å². The average Bonchev–Trinajstić information content (AvgIpc) is 3.03. The van der Waals surface area contributed by atoms with Crippen molar-refractivity contribution in [1.82, 2.24) is 24.6 Å². The average molecular weight is 365 g/mol. The van der Waals surface area contributed by atoms with Gasteiger partial charge >= 0.3 is 0 Å². The molecule has 8 heteroatoms. The van der Waals surface area contributed by atoms with Gasteiger partial charge in [-0.1, -0.05) is 0 Å². The number of carbonyl (C=O) groups is 1. The summed E-state index contributed by atoms with van der Waals surface area (Å²) in [6.45, 7) is 8.92. The molecule has 0 aromatic carbocycles. The monoisotopic (exact) mass is 365 g/mol. The van der Waals surface area contributed by atoms with Gasteiger partial charge in [-0.3, -0.25) is 9.69 Å². The highest BCUT2D eigenvalue weighted by Crippen LogP contribution is 2.26. The van der Waals surface area contributed by atoms with Gasteiger partial charge < -0.3 is 18.9 Å². The van der Waals surface area contributed by atoms with Crippen molar-refractivity contribution in [1.29, 1.82) is 0 Å². The molecule has 2 saturated heterocycles. The van der Waals surface area contributed by atoms with E-state index in [-0.39, 0.29) is 11.8 Å². The topological polar surface area (TPSA) is 72.7 Å². The van der Waals surface area contributed by atoms with E-state index in [4.69, 9.17) is 9.47 Å². The molecule has 0 spiro atoms. The Labute approximate surface area is 155 Å². The maximum absolute atomic E-state index is 12.4. The van der Waals surface area contributed by atoms with Gasteiger partial charge in [0.25, 0.3) is 0 Å². The number of nitrogens with zero attached hydrogens (tertiary/aromatic N) is 5. The Bertz CT molecular complexity index is 585. The molecule has 2 aliphatic rings. The fourth-order valence-electron chi connectivity index (χ4n) is 3.70. The van der Waals surface area contributed by atoms with Gasteiger partial charge in [-0.2, -0.15) is 0 Å². The van der Waals surface area contributed by atoms with Crippen LogP contribution < -0.4 is 0 Å². The number of carbonyl (C=O) groups excluding carboxylic acids is 1. The number of aromatic nitrogens is 3. The largest absolute Gasteiger partial charge is 0.381 e.